The molecule has 0 aliphatic rings. The van der Waals surface area contributed by atoms with E-state index in [2.05, 4.69) is 9.71 Å². The minimum atomic E-state index is -3.59. The van der Waals surface area contributed by atoms with Gasteiger partial charge < -0.3 is 5.73 Å². The van der Waals surface area contributed by atoms with Crippen LogP contribution in [0.2, 0.25) is 0 Å². The molecule has 90 valence electrons. The lowest BCUT2D eigenvalue weighted by Gasteiger charge is -2.06. The van der Waals surface area contributed by atoms with Crippen LogP contribution in [0.15, 0.2) is 40.7 Å². The van der Waals surface area contributed by atoms with Crippen LogP contribution in [0.3, 0.4) is 0 Å². The third-order valence-electron chi connectivity index (χ3n) is 2.08. The Kier molecular flexibility index (Phi) is 3.41. The third-order valence-corrected chi connectivity index (χ3v) is 4.60. The Hall–Kier alpha value is -1.44. The highest BCUT2D eigenvalue weighted by Gasteiger charge is 2.19. The Morgan fingerprint density at radius 2 is 2.18 bits per heavy atom. The van der Waals surface area contributed by atoms with Crippen molar-refractivity contribution in [1.82, 2.24) is 4.98 Å². The standard InChI is InChI=1S/C10H11N3O2S2/c11-7-8-9(4-6-16-8)17(14,15)13-10-3-1-2-5-12-10/h1-6H,7,11H2,(H,12,13). The van der Waals surface area contributed by atoms with Crippen molar-refractivity contribution in [2.45, 2.75) is 11.4 Å². The lowest BCUT2D eigenvalue weighted by molar-refractivity contribution is 0.600. The van der Waals surface area contributed by atoms with Gasteiger partial charge in [0.2, 0.25) is 0 Å². The molecular formula is C10H11N3O2S2. The van der Waals surface area contributed by atoms with Crippen molar-refractivity contribution in [3.8, 4) is 0 Å². The maximum Gasteiger partial charge on any atom is 0.264 e. The molecule has 0 saturated heterocycles. The Morgan fingerprint density at radius 3 is 2.82 bits per heavy atom. The minimum Gasteiger partial charge on any atom is -0.326 e. The number of pyridine rings is 1. The van der Waals surface area contributed by atoms with Crippen LogP contribution in [0.25, 0.3) is 0 Å². The van der Waals surface area contributed by atoms with Gasteiger partial charge in [-0.05, 0) is 23.6 Å². The number of nitrogens with zero attached hydrogens (tertiary/aromatic N) is 1. The predicted molar refractivity (Wildman–Crippen MR) is 67.3 cm³/mol. The Balaban J connectivity index is 2.32. The number of hydrogen-bond donors (Lipinski definition) is 2. The van der Waals surface area contributed by atoms with E-state index in [0.717, 1.165) is 0 Å². The second kappa shape index (κ2) is 4.82. The normalized spacial score (nSPS) is 11.4. The molecule has 0 amide bonds. The maximum absolute atomic E-state index is 12.0. The van der Waals surface area contributed by atoms with Crippen LogP contribution in [0.1, 0.15) is 4.88 Å². The second-order valence-electron chi connectivity index (χ2n) is 3.23. The van der Waals surface area contributed by atoms with Gasteiger partial charge in [0, 0.05) is 17.6 Å². The van der Waals surface area contributed by atoms with Gasteiger partial charge in [-0.1, -0.05) is 6.07 Å². The zero-order valence-corrected chi connectivity index (χ0v) is 10.5. The molecule has 17 heavy (non-hydrogen) atoms. The zero-order valence-electron chi connectivity index (χ0n) is 8.83. The van der Waals surface area contributed by atoms with Gasteiger partial charge in [0.25, 0.3) is 10.0 Å². The van der Waals surface area contributed by atoms with Crippen molar-refractivity contribution in [3.63, 3.8) is 0 Å². The molecule has 3 N–H and O–H groups in total. The van der Waals surface area contributed by atoms with E-state index in [1.54, 1.807) is 23.6 Å². The van der Waals surface area contributed by atoms with E-state index in [-0.39, 0.29) is 11.4 Å². The summed E-state index contributed by atoms with van der Waals surface area (Å²) in [5, 5.41) is 1.70. The molecule has 0 bridgehead atoms. The van der Waals surface area contributed by atoms with Crippen molar-refractivity contribution in [3.05, 3.63) is 40.7 Å². The van der Waals surface area contributed by atoms with Gasteiger partial charge in [-0.2, -0.15) is 0 Å². The summed E-state index contributed by atoms with van der Waals surface area (Å²) in [5.41, 5.74) is 5.49. The Bertz CT molecular complexity index is 593. The van der Waals surface area contributed by atoms with Crippen molar-refractivity contribution in [2.24, 2.45) is 5.73 Å². The van der Waals surface area contributed by atoms with E-state index in [4.69, 9.17) is 5.73 Å². The molecule has 2 rings (SSSR count). The molecular weight excluding hydrogens is 258 g/mol. The molecule has 0 fully saturated rings. The number of sulfonamides is 1. The van der Waals surface area contributed by atoms with Crippen molar-refractivity contribution < 1.29 is 8.42 Å². The van der Waals surface area contributed by atoms with Crippen LogP contribution >= 0.6 is 11.3 Å². The molecule has 7 heteroatoms. The summed E-state index contributed by atoms with van der Waals surface area (Å²) < 4.78 is 26.5. The molecule has 2 aromatic heterocycles. The van der Waals surface area contributed by atoms with Crippen molar-refractivity contribution in [1.29, 1.82) is 0 Å². The van der Waals surface area contributed by atoms with Crippen molar-refractivity contribution >= 4 is 27.2 Å². The summed E-state index contributed by atoms with van der Waals surface area (Å²) in [4.78, 5) is 4.76. The van der Waals surface area contributed by atoms with E-state index in [0.29, 0.717) is 10.7 Å². The van der Waals surface area contributed by atoms with E-state index >= 15 is 0 Å². The maximum atomic E-state index is 12.0. The Morgan fingerprint density at radius 1 is 1.35 bits per heavy atom. The number of rotatable bonds is 4. The van der Waals surface area contributed by atoms with E-state index in [1.165, 1.54) is 23.6 Å². The van der Waals surface area contributed by atoms with Crippen LogP contribution in [0.5, 0.6) is 0 Å². The number of anilines is 1. The molecule has 0 saturated carbocycles. The minimum absolute atomic E-state index is 0.204. The van der Waals surface area contributed by atoms with Gasteiger partial charge in [-0.3, -0.25) is 4.72 Å². The Labute approximate surface area is 103 Å². The van der Waals surface area contributed by atoms with Crippen LogP contribution in [-0.2, 0) is 16.6 Å². The fourth-order valence-corrected chi connectivity index (χ4v) is 3.68. The summed E-state index contributed by atoms with van der Waals surface area (Å²) in [5.74, 6) is 0.293. The molecule has 0 aromatic carbocycles. The lowest BCUT2D eigenvalue weighted by atomic mass is 10.5. The van der Waals surface area contributed by atoms with Gasteiger partial charge in [-0.25, -0.2) is 13.4 Å². The molecule has 0 unspecified atom stereocenters. The molecule has 0 atom stereocenters. The van der Waals surface area contributed by atoms with Gasteiger partial charge in [0.15, 0.2) is 0 Å². The molecule has 5 nitrogen and oxygen atoms in total. The quantitative estimate of drug-likeness (QED) is 0.878. The summed E-state index contributed by atoms with van der Waals surface area (Å²) in [6, 6.07) is 6.56. The lowest BCUT2D eigenvalue weighted by Crippen LogP contribution is -2.15. The first-order valence-electron chi connectivity index (χ1n) is 4.84. The fraction of sp³-hybridized carbons (Fsp3) is 0.100. The monoisotopic (exact) mass is 269 g/mol. The molecule has 2 aromatic rings. The van der Waals surface area contributed by atoms with Crippen LogP contribution in [-0.4, -0.2) is 13.4 Å². The van der Waals surface area contributed by atoms with E-state index in [1.807, 2.05) is 0 Å². The average Bonchev–Trinajstić information content (AvgIpc) is 2.78. The summed E-state index contributed by atoms with van der Waals surface area (Å²) in [7, 11) is -3.59. The first kappa shape index (κ1) is 12.0. The fourth-order valence-electron chi connectivity index (χ4n) is 1.33. The topological polar surface area (TPSA) is 85.1 Å². The summed E-state index contributed by atoms with van der Waals surface area (Å²) >= 11 is 1.32. The first-order valence-corrected chi connectivity index (χ1v) is 7.20. The third kappa shape index (κ3) is 2.63. The first-order chi connectivity index (χ1) is 8.13. The number of hydrogen-bond acceptors (Lipinski definition) is 5. The zero-order chi connectivity index (χ0) is 12.3. The SMILES string of the molecule is NCc1sccc1S(=O)(=O)Nc1ccccn1. The highest BCUT2D eigenvalue weighted by molar-refractivity contribution is 7.92. The molecule has 0 aliphatic heterocycles. The van der Waals surface area contributed by atoms with Gasteiger partial charge >= 0.3 is 0 Å². The van der Waals surface area contributed by atoms with Crippen LogP contribution in [0.4, 0.5) is 5.82 Å². The molecule has 2 heterocycles. The van der Waals surface area contributed by atoms with Crippen LogP contribution in [0, 0.1) is 0 Å². The highest BCUT2D eigenvalue weighted by atomic mass is 32.2. The summed E-state index contributed by atoms with van der Waals surface area (Å²) in [6.45, 7) is 0.204. The van der Waals surface area contributed by atoms with E-state index < -0.39 is 10.0 Å². The molecule has 0 aliphatic carbocycles. The molecule has 0 radical (unpaired) electrons. The summed E-state index contributed by atoms with van der Waals surface area (Å²) in [6.07, 6.45) is 1.52. The van der Waals surface area contributed by atoms with Gasteiger partial charge in [0.05, 0.1) is 0 Å². The van der Waals surface area contributed by atoms with Crippen LogP contribution < -0.4 is 10.5 Å². The highest BCUT2D eigenvalue weighted by Crippen LogP contribution is 2.23. The van der Waals surface area contributed by atoms with Crippen molar-refractivity contribution in [2.75, 3.05) is 4.72 Å². The smallest absolute Gasteiger partial charge is 0.264 e. The number of nitrogens with two attached hydrogens (primary N) is 1. The predicted octanol–water partition coefficient (Wildman–Crippen LogP) is 1.40. The van der Waals surface area contributed by atoms with Gasteiger partial charge in [-0.15, -0.1) is 11.3 Å². The number of aromatic nitrogens is 1. The van der Waals surface area contributed by atoms with E-state index in [9.17, 15) is 8.42 Å². The largest absolute Gasteiger partial charge is 0.326 e. The number of nitrogens with one attached hydrogen (secondary N) is 1. The van der Waals surface area contributed by atoms with Gasteiger partial charge in [0.1, 0.15) is 10.7 Å². The second-order valence-corrected chi connectivity index (χ2v) is 5.88. The number of thiophene rings is 1. The average molecular weight is 269 g/mol. The molecule has 0 spiro atoms.